The minimum atomic E-state index is 0.502. The van der Waals surface area contributed by atoms with E-state index in [1.807, 2.05) is 13.0 Å². The van der Waals surface area contributed by atoms with Gasteiger partial charge in [-0.15, -0.1) is 0 Å². The number of benzene rings is 2. The van der Waals surface area contributed by atoms with Gasteiger partial charge in [0.25, 0.3) is 0 Å². The number of fused-ring (bicyclic) bond motifs is 3. The Morgan fingerprint density at radius 1 is 1.06 bits per heavy atom. The van der Waals surface area contributed by atoms with Gasteiger partial charge in [-0.25, -0.2) is 9.97 Å². The lowest BCUT2D eigenvalue weighted by Gasteiger charge is -2.50. The van der Waals surface area contributed by atoms with Gasteiger partial charge >= 0.3 is 0 Å². The fraction of sp³-hybridized carbons (Fsp3) is 0.385. The number of hydrogen-bond acceptors (Lipinski definition) is 4. The quantitative estimate of drug-likeness (QED) is 0.531. The molecule has 0 amide bonds. The van der Waals surface area contributed by atoms with Crippen LogP contribution in [0.3, 0.4) is 0 Å². The van der Waals surface area contributed by atoms with Crippen LogP contribution in [0.25, 0.3) is 11.3 Å². The van der Waals surface area contributed by atoms with Crippen LogP contribution >= 0.6 is 15.9 Å². The highest BCUT2D eigenvalue weighted by molar-refractivity contribution is 9.10. The van der Waals surface area contributed by atoms with Gasteiger partial charge in [0.05, 0.1) is 5.69 Å². The molecule has 2 aromatic carbocycles. The number of aromatic nitrogens is 2. The van der Waals surface area contributed by atoms with Crippen LogP contribution < -0.4 is 5.32 Å². The van der Waals surface area contributed by atoms with E-state index in [4.69, 9.17) is 9.97 Å². The normalized spacial score (nSPS) is 25.0. The summed E-state index contributed by atoms with van der Waals surface area (Å²) >= 11 is 3.68. The van der Waals surface area contributed by atoms with Gasteiger partial charge in [-0.05, 0) is 49.9 Å². The first kappa shape index (κ1) is 20.8. The van der Waals surface area contributed by atoms with Gasteiger partial charge in [-0.1, -0.05) is 64.5 Å². The molecule has 160 valence electrons. The molecule has 2 bridgehead atoms. The van der Waals surface area contributed by atoms with Crippen molar-refractivity contribution >= 4 is 15.9 Å². The predicted octanol–water partition coefficient (Wildman–Crippen LogP) is 5.18. The summed E-state index contributed by atoms with van der Waals surface area (Å²) in [4.78, 5) is 12.3. The second-order valence-electron chi connectivity index (χ2n) is 8.86. The van der Waals surface area contributed by atoms with E-state index >= 15 is 0 Å². The Labute approximate surface area is 193 Å². The molecule has 1 aromatic heterocycles. The van der Waals surface area contributed by atoms with Gasteiger partial charge in [0.1, 0.15) is 5.82 Å². The van der Waals surface area contributed by atoms with E-state index in [-0.39, 0.29) is 0 Å². The molecule has 4 heterocycles. The lowest BCUT2D eigenvalue weighted by Crippen LogP contribution is -2.55. The first-order chi connectivity index (χ1) is 15.2. The molecule has 1 unspecified atom stereocenters. The third-order valence-corrected chi connectivity index (χ3v) is 7.51. The van der Waals surface area contributed by atoms with E-state index in [2.05, 4.69) is 80.7 Å². The molecule has 3 aliphatic heterocycles. The summed E-state index contributed by atoms with van der Waals surface area (Å²) in [5.74, 6) is 2.07. The number of halogens is 1. The number of hydrogen-bond donors (Lipinski definition) is 1. The van der Waals surface area contributed by atoms with Crippen molar-refractivity contribution in [1.29, 1.82) is 0 Å². The monoisotopic (exact) mass is 476 g/mol. The van der Waals surface area contributed by atoms with Crippen LogP contribution in [0.2, 0.25) is 0 Å². The van der Waals surface area contributed by atoms with Gasteiger partial charge < -0.3 is 5.32 Å². The lowest BCUT2D eigenvalue weighted by molar-refractivity contribution is 0.0292. The third-order valence-electron chi connectivity index (χ3n) is 6.82. The summed E-state index contributed by atoms with van der Waals surface area (Å²) < 4.78 is 1.08. The van der Waals surface area contributed by atoms with E-state index in [0.717, 1.165) is 41.2 Å². The highest BCUT2D eigenvalue weighted by atomic mass is 79.9. The van der Waals surface area contributed by atoms with Crippen molar-refractivity contribution in [1.82, 2.24) is 20.2 Å². The molecule has 0 aliphatic carbocycles. The first-order valence-corrected chi connectivity index (χ1v) is 12.1. The summed E-state index contributed by atoms with van der Waals surface area (Å²) in [5.41, 5.74) is 4.72. The topological polar surface area (TPSA) is 41.1 Å². The van der Waals surface area contributed by atoms with E-state index < -0.39 is 0 Å². The Morgan fingerprint density at radius 3 is 2.65 bits per heavy atom. The fourth-order valence-corrected chi connectivity index (χ4v) is 5.74. The molecule has 1 N–H and O–H groups in total. The van der Waals surface area contributed by atoms with Gasteiger partial charge in [-0.3, -0.25) is 4.90 Å². The average Bonchev–Trinajstić information content (AvgIpc) is 2.80. The highest BCUT2D eigenvalue weighted by Gasteiger charge is 2.41. The van der Waals surface area contributed by atoms with Crippen molar-refractivity contribution in [2.75, 3.05) is 19.6 Å². The van der Waals surface area contributed by atoms with Crippen molar-refractivity contribution in [3.05, 3.63) is 82.2 Å². The molecule has 6 rings (SSSR count). The molecule has 31 heavy (non-hydrogen) atoms. The minimum absolute atomic E-state index is 0.502. The number of nitrogens with one attached hydrogen (secondary N) is 1. The molecule has 4 nitrogen and oxygen atoms in total. The molecule has 4 atom stereocenters. The predicted molar refractivity (Wildman–Crippen MR) is 129 cm³/mol. The summed E-state index contributed by atoms with van der Waals surface area (Å²) in [6, 6.07) is 21.8. The van der Waals surface area contributed by atoms with Crippen molar-refractivity contribution in [2.45, 2.75) is 38.3 Å². The molecule has 5 heteroatoms. The van der Waals surface area contributed by atoms with Crippen LogP contribution in [0.5, 0.6) is 0 Å². The van der Waals surface area contributed by atoms with Gasteiger partial charge in [-0.2, -0.15) is 0 Å². The summed E-state index contributed by atoms with van der Waals surface area (Å²) in [5, 5.41) is 3.68. The van der Waals surface area contributed by atoms with Crippen LogP contribution in [0.4, 0.5) is 0 Å². The standard InChI is InChI=1S/C26H29BrN4/c1-18-29-25(22-9-5-6-10-24(22)27)14-26(30-18)23-17-31-12-11-20(23)13-21(31)16-28-15-19-7-3-2-4-8-19/h2-10,14,20-21,23,28H,11-13,15-17H2,1H3/t20-,21+,23+/m0/s1. The molecule has 0 radical (unpaired) electrons. The van der Waals surface area contributed by atoms with E-state index in [1.165, 1.54) is 30.6 Å². The van der Waals surface area contributed by atoms with Crippen LogP contribution in [-0.2, 0) is 6.54 Å². The van der Waals surface area contributed by atoms with Crippen LogP contribution in [0.15, 0.2) is 65.1 Å². The zero-order chi connectivity index (χ0) is 21.2. The molecule has 3 fully saturated rings. The Bertz CT molecular complexity index is 1040. The largest absolute Gasteiger partial charge is 0.311 e. The maximum absolute atomic E-state index is 4.89. The van der Waals surface area contributed by atoms with Crippen molar-refractivity contribution in [2.24, 2.45) is 5.92 Å². The molecule has 0 spiro atoms. The Balaban J connectivity index is 1.28. The maximum atomic E-state index is 4.89. The minimum Gasteiger partial charge on any atom is -0.311 e. The van der Waals surface area contributed by atoms with Crippen molar-refractivity contribution < 1.29 is 0 Å². The van der Waals surface area contributed by atoms with Crippen molar-refractivity contribution in [3.8, 4) is 11.3 Å². The van der Waals surface area contributed by atoms with Gasteiger partial charge in [0.2, 0.25) is 0 Å². The molecule has 3 aromatic rings. The van der Waals surface area contributed by atoms with Gasteiger partial charge in [0, 0.05) is 47.3 Å². The molecule has 0 saturated carbocycles. The zero-order valence-electron chi connectivity index (χ0n) is 18.0. The Kier molecular flexibility index (Phi) is 6.17. The summed E-state index contributed by atoms with van der Waals surface area (Å²) in [6.45, 7) is 6.33. The zero-order valence-corrected chi connectivity index (χ0v) is 19.6. The number of piperidine rings is 3. The number of nitrogens with zero attached hydrogens (tertiary/aromatic N) is 3. The van der Waals surface area contributed by atoms with Crippen molar-refractivity contribution in [3.63, 3.8) is 0 Å². The lowest BCUT2D eigenvalue weighted by atomic mass is 9.74. The van der Waals surface area contributed by atoms with E-state index in [1.54, 1.807) is 0 Å². The number of aryl methyl sites for hydroxylation is 1. The molecular formula is C26H29BrN4. The van der Waals surface area contributed by atoms with Crippen LogP contribution in [0, 0.1) is 12.8 Å². The fourth-order valence-electron chi connectivity index (χ4n) is 5.25. The average molecular weight is 477 g/mol. The molecule has 3 saturated heterocycles. The Hall–Kier alpha value is -2.08. The summed E-state index contributed by atoms with van der Waals surface area (Å²) in [7, 11) is 0. The Morgan fingerprint density at radius 2 is 1.87 bits per heavy atom. The van der Waals surface area contributed by atoms with Crippen LogP contribution in [0.1, 0.15) is 35.8 Å². The SMILES string of the molecule is Cc1nc(-c2ccccc2Br)cc([C@@H]2CN3CC[C@H]2C[C@@H]3CNCc2ccccc2)n1. The maximum Gasteiger partial charge on any atom is 0.126 e. The highest BCUT2D eigenvalue weighted by Crippen LogP contribution is 2.42. The van der Waals surface area contributed by atoms with Crippen LogP contribution in [-0.4, -0.2) is 40.5 Å². The summed E-state index contributed by atoms with van der Waals surface area (Å²) in [6.07, 6.45) is 2.52. The molecular weight excluding hydrogens is 448 g/mol. The second-order valence-corrected chi connectivity index (χ2v) is 9.72. The second kappa shape index (κ2) is 9.19. The van der Waals surface area contributed by atoms with E-state index in [9.17, 15) is 0 Å². The van der Waals surface area contributed by atoms with Gasteiger partial charge in [0.15, 0.2) is 0 Å². The molecule has 3 aliphatic rings. The third kappa shape index (κ3) is 4.59. The first-order valence-electron chi connectivity index (χ1n) is 11.3. The number of rotatable bonds is 6. The smallest absolute Gasteiger partial charge is 0.126 e. The van der Waals surface area contributed by atoms with E-state index in [0.29, 0.717) is 17.9 Å².